The normalized spacial score (nSPS) is 25.0. The number of halogens is 2. The summed E-state index contributed by atoms with van der Waals surface area (Å²) in [4.78, 5) is 28.6. The van der Waals surface area contributed by atoms with Gasteiger partial charge >= 0.3 is 5.69 Å². The van der Waals surface area contributed by atoms with E-state index < -0.39 is 29.6 Å². The molecule has 1 aromatic rings. The summed E-state index contributed by atoms with van der Waals surface area (Å²) in [6.45, 7) is -0.348. The zero-order chi connectivity index (χ0) is 16.3. The molecule has 2 heterocycles. The number of aromatic nitrogens is 2. The van der Waals surface area contributed by atoms with Gasteiger partial charge in [-0.25, -0.2) is 4.79 Å². The smallest absolute Gasteiger partial charge is 0.330 e. The molecule has 118 valence electrons. The number of rotatable bonds is 4. The Bertz CT molecular complexity index is 754. The van der Waals surface area contributed by atoms with E-state index in [4.69, 9.17) is 21.9 Å². The van der Waals surface area contributed by atoms with E-state index in [-0.39, 0.29) is 23.6 Å². The zero-order valence-electron chi connectivity index (χ0n) is 11.0. The largest absolute Gasteiger partial charge is 0.394 e. The van der Waals surface area contributed by atoms with Gasteiger partial charge in [0.2, 0.25) is 0 Å². The van der Waals surface area contributed by atoms with Crippen molar-refractivity contribution in [2.45, 2.75) is 24.8 Å². The maximum Gasteiger partial charge on any atom is 0.330 e. The summed E-state index contributed by atoms with van der Waals surface area (Å²) in [5.74, 6) is 0. The van der Waals surface area contributed by atoms with Crippen molar-refractivity contribution in [3.05, 3.63) is 47.1 Å². The third kappa shape index (κ3) is 3.36. The molecule has 9 nitrogen and oxygen atoms in total. The van der Waals surface area contributed by atoms with Gasteiger partial charge in [0.05, 0.1) is 29.3 Å². The number of azide groups is 1. The highest BCUT2D eigenvalue weighted by molar-refractivity contribution is 14.1. The van der Waals surface area contributed by atoms with E-state index in [2.05, 4.69) is 15.0 Å². The molecule has 0 saturated carbocycles. The second kappa shape index (κ2) is 7.29. The molecule has 2 rings (SSSR count). The molecule has 1 fully saturated rings. The quantitative estimate of drug-likeness (QED) is 0.318. The molecule has 0 bridgehead atoms. The first-order valence-corrected chi connectivity index (χ1v) is 7.76. The summed E-state index contributed by atoms with van der Waals surface area (Å²) >= 11 is 7.80. The molecule has 2 N–H and O–H groups in total. The van der Waals surface area contributed by atoms with Crippen molar-refractivity contribution in [1.29, 1.82) is 0 Å². The predicted octanol–water partition coefficient (Wildman–Crippen LogP) is 1.47. The van der Waals surface area contributed by atoms with Crippen LogP contribution in [0.15, 0.2) is 25.0 Å². The lowest BCUT2D eigenvalue weighted by Gasteiger charge is -2.15. The maximum atomic E-state index is 11.9. The van der Waals surface area contributed by atoms with Crippen LogP contribution >= 0.6 is 34.2 Å². The monoisotopic (exact) mass is 439 g/mol. The molecular formula is C11H11ClIN5O4. The molecule has 22 heavy (non-hydrogen) atoms. The van der Waals surface area contributed by atoms with Crippen molar-refractivity contribution in [2.24, 2.45) is 5.11 Å². The van der Waals surface area contributed by atoms with Crippen molar-refractivity contribution in [3.8, 4) is 0 Å². The molecule has 1 saturated heterocycles. The molecule has 0 aliphatic carbocycles. The van der Waals surface area contributed by atoms with Crippen LogP contribution in [0.1, 0.15) is 18.2 Å². The van der Waals surface area contributed by atoms with Crippen LogP contribution in [0.2, 0.25) is 0 Å². The molecular weight excluding hydrogens is 429 g/mol. The highest BCUT2D eigenvalue weighted by Gasteiger charge is 2.35. The lowest BCUT2D eigenvalue weighted by molar-refractivity contribution is -0.0271. The van der Waals surface area contributed by atoms with Crippen LogP contribution in [0, 0.1) is 0 Å². The SMILES string of the molecule is [N-]=[N+]=NC1CC(n2cc(C(Cl)=CI)c(=O)[nH]c2=O)OC1CO. The lowest BCUT2D eigenvalue weighted by Crippen LogP contribution is -2.33. The first kappa shape index (κ1) is 17.0. The van der Waals surface area contributed by atoms with Crippen molar-refractivity contribution in [2.75, 3.05) is 6.61 Å². The summed E-state index contributed by atoms with van der Waals surface area (Å²) in [6, 6.07) is -0.599. The molecule has 1 aliphatic heterocycles. The van der Waals surface area contributed by atoms with Gasteiger partial charge < -0.3 is 9.84 Å². The van der Waals surface area contributed by atoms with Crippen molar-refractivity contribution >= 4 is 39.2 Å². The maximum absolute atomic E-state index is 11.9. The molecule has 0 spiro atoms. The number of aliphatic hydroxyl groups is 1. The molecule has 3 atom stereocenters. The molecule has 1 aliphatic rings. The van der Waals surface area contributed by atoms with E-state index in [1.807, 2.05) is 22.6 Å². The minimum Gasteiger partial charge on any atom is -0.394 e. The van der Waals surface area contributed by atoms with Crippen molar-refractivity contribution < 1.29 is 9.84 Å². The lowest BCUT2D eigenvalue weighted by atomic mass is 10.1. The first-order chi connectivity index (χ1) is 10.5. The highest BCUT2D eigenvalue weighted by atomic mass is 127. The highest BCUT2D eigenvalue weighted by Crippen LogP contribution is 2.30. The fraction of sp³-hybridized carbons (Fsp3) is 0.455. The van der Waals surface area contributed by atoms with Crippen LogP contribution in [0.4, 0.5) is 0 Å². The van der Waals surface area contributed by atoms with Crippen LogP contribution in [0.25, 0.3) is 15.5 Å². The number of nitrogens with zero attached hydrogens (tertiary/aromatic N) is 4. The molecule has 11 heteroatoms. The number of nitrogens with one attached hydrogen (secondary N) is 1. The fourth-order valence-corrected chi connectivity index (χ4v) is 2.64. The van der Waals surface area contributed by atoms with Gasteiger partial charge in [-0.1, -0.05) is 39.3 Å². The predicted molar refractivity (Wildman–Crippen MR) is 87.7 cm³/mol. The minimum absolute atomic E-state index is 0.118. The third-order valence-corrected chi connectivity index (χ3v) is 4.52. The topological polar surface area (TPSA) is 133 Å². The fourth-order valence-electron chi connectivity index (χ4n) is 2.17. The number of H-pyrrole nitrogens is 1. The Morgan fingerprint density at radius 1 is 1.73 bits per heavy atom. The Morgan fingerprint density at radius 3 is 3.05 bits per heavy atom. The van der Waals surface area contributed by atoms with Gasteiger partial charge in [0, 0.05) is 17.5 Å². The van der Waals surface area contributed by atoms with Crippen molar-refractivity contribution in [1.82, 2.24) is 9.55 Å². The second-order valence-corrected chi connectivity index (χ2v) is 5.52. The summed E-state index contributed by atoms with van der Waals surface area (Å²) < 4.78 is 8.17. The van der Waals surface area contributed by atoms with Crippen LogP contribution in [-0.2, 0) is 4.74 Å². The Kier molecular flexibility index (Phi) is 5.64. The number of ether oxygens (including phenoxy) is 1. The number of aliphatic hydroxyl groups excluding tert-OH is 1. The number of hydrogen-bond donors (Lipinski definition) is 2. The van der Waals surface area contributed by atoms with Gasteiger partial charge in [0.15, 0.2) is 0 Å². The average Bonchev–Trinajstić information content (AvgIpc) is 2.90. The summed E-state index contributed by atoms with van der Waals surface area (Å²) in [5.41, 5.74) is 7.35. The minimum atomic E-state index is -0.769. The molecule has 3 unspecified atom stereocenters. The van der Waals surface area contributed by atoms with Gasteiger partial charge in [-0.3, -0.25) is 14.3 Å². The Labute approximate surface area is 142 Å². The van der Waals surface area contributed by atoms with E-state index >= 15 is 0 Å². The van der Waals surface area contributed by atoms with Crippen LogP contribution in [-0.4, -0.2) is 33.4 Å². The zero-order valence-corrected chi connectivity index (χ0v) is 13.9. The number of aromatic amines is 1. The molecule has 0 amide bonds. The van der Waals surface area contributed by atoms with Gasteiger partial charge in [-0.15, -0.1) is 0 Å². The second-order valence-electron chi connectivity index (χ2n) is 4.49. The van der Waals surface area contributed by atoms with E-state index in [9.17, 15) is 14.7 Å². The number of hydrogen-bond acceptors (Lipinski definition) is 5. The van der Waals surface area contributed by atoms with Gasteiger partial charge in [0.25, 0.3) is 5.56 Å². The van der Waals surface area contributed by atoms with E-state index in [1.165, 1.54) is 10.3 Å². The van der Waals surface area contributed by atoms with E-state index in [0.717, 1.165) is 4.57 Å². The van der Waals surface area contributed by atoms with Gasteiger partial charge in [-0.2, -0.15) is 0 Å². The molecule has 1 aromatic heterocycles. The van der Waals surface area contributed by atoms with Crippen molar-refractivity contribution in [3.63, 3.8) is 0 Å². The van der Waals surface area contributed by atoms with Crippen LogP contribution in [0.5, 0.6) is 0 Å². The Balaban J connectivity index is 2.43. The van der Waals surface area contributed by atoms with Gasteiger partial charge in [-0.05, 0) is 9.61 Å². The summed E-state index contributed by atoms with van der Waals surface area (Å²) in [7, 11) is 0. The summed E-state index contributed by atoms with van der Waals surface area (Å²) in [6.07, 6.45) is 0.0100. The third-order valence-electron chi connectivity index (χ3n) is 3.22. The van der Waals surface area contributed by atoms with Crippen LogP contribution in [0.3, 0.4) is 0 Å². The molecule has 0 radical (unpaired) electrons. The van der Waals surface area contributed by atoms with E-state index in [0.29, 0.717) is 0 Å². The van der Waals surface area contributed by atoms with E-state index in [1.54, 1.807) is 0 Å². The molecule has 0 aromatic carbocycles. The standard InChI is InChI=1S/C11H11ClIN5O4/c12-6(2-13)5-3-18(11(21)15-10(5)20)9-1-7(16-17-14)8(4-19)22-9/h2-3,7-9,19H,1,4H2,(H,15,20,21). The van der Waals surface area contributed by atoms with Gasteiger partial charge in [0.1, 0.15) is 6.23 Å². The Hall–Kier alpha value is -1.33. The first-order valence-electron chi connectivity index (χ1n) is 6.14. The average molecular weight is 440 g/mol. The van der Waals surface area contributed by atoms with Crippen LogP contribution < -0.4 is 11.2 Å². The Morgan fingerprint density at radius 2 is 2.45 bits per heavy atom. The summed E-state index contributed by atoms with van der Waals surface area (Å²) in [5, 5.41) is 13.0.